The lowest BCUT2D eigenvalue weighted by Gasteiger charge is -2.17. The van der Waals surface area contributed by atoms with Crippen LogP contribution in [-0.4, -0.2) is 12.6 Å². The van der Waals surface area contributed by atoms with Crippen molar-refractivity contribution in [1.82, 2.24) is 5.32 Å². The first-order valence-corrected chi connectivity index (χ1v) is 6.42. The number of amides is 2. The van der Waals surface area contributed by atoms with Gasteiger partial charge in [-0.3, -0.25) is 0 Å². The molecule has 4 nitrogen and oxygen atoms in total. The standard InChI is InChI=1S/C14H23N3O/c1-4-10(2)9-16-11(3)12-5-7-13(8-6-12)17-14(15)18/h5-8,10-11,16H,4,9H2,1-3H3,(H3,15,17,18). The molecule has 0 aliphatic rings. The highest BCUT2D eigenvalue weighted by molar-refractivity contribution is 5.87. The third-order valence-corrected chi connectivity index (χ3v) is 3.15. The molecule has 0 saturated heterocycles. The topological polar surface area (TPSA) is 67.2 Å². The maximum absolute atomic E-state index is 10.7. The average Bonchev–Trinajstić information content (AvgIpc) is 2.35. The molecule has 0 bridgehead atoms. The highest BCUT2D eigenvalue weighted by Crippen LogP contribution is 2.16. The van der Waals surface area contributed by atoms with Crippen LogP contribution in [0, 0.1) is 5.92 Å². The molecule has 0 radical (unpaired) electrons. The normalized spacial score (nSPS) is 13.9. The molecule has 4 heteroatoms. The smallest absolute Gasteiger partial charge is 0.316 e. The van der Waals surface area contributed by atoms with Crippen LogP contribution in [0.15, 0.2) is 24.3 Å². The molecule has 0 spiro atoms. The number of primary amides is 1. The van der Waals surface area contributed by atoms with E-state index in [2.05, 4.69) is 31.4 Å². The van der Waals surface area contributed by atoms with Crippen molar-refractivity contribution in [3.05, 3.63) is 29.8 Å². The monoisotopic (exact) mass is 249 g/mol. The van der Waals surface area contributed by atoms with Gasteiger partial charge in [-0.2, -0.15) is 0 Å². The van der Waals surface area contributed by atoms with Crippen LogP contribution in [0.1, 0.15) is 38.8 Å². The van der Waals surface area contributed by atoms with Gasteiger partial charge in [-0.15, -0.1) is 0 Å². The molecule has 4 N–H and O–H groups in total. The molecule has 0 aliphatic heterocycles. The molecule has 2 unspecified atom stereocenters. The maximum Gasteiger partial charge on any atom is 0.316 e. The summed E-state index contributed by atoms with van der Waals surface area (Å²) >= 11 is 0. The van der Waals surface area contributed by atoms with Crippen LogP contribution in [0.4, 0.5) is 10.5 Å². The van der Waals surface area contributed by atoms with E-state index in [9.17, 15) is 4.79 Å². The van der Waals surface area contributed by atoms with Gasteiger partial charge >= 0.3 is 6.03 Å². The SMILES string of the molecule is CCC(C)CNC(C)c1ccc(NC(N)=O)cc1. The van der Waals surface area contributed by atoms with Crippen LogP contribution in [-0.2, 0) is 0 Å². The Bertz CT molecular complexity index is 375. The summed E-state index contributed by atoms with van der Waals surface area (Å²) in [5.74, 6) is 0.684. The van der Waals surface area contributed by atoms with Gasteiger partial charge in [-0.05, 0) is 37.1 Å². The fourth-order valence-corrected chi connectivity index (χ4v) is 1.64. The minimum Gasteiger partial charge on any atom is -0.351 e. The van der Waals surface area contributed by atoms with Gasteiger partial charge < -0.3 is 16.4 Å². The molecular weight excluding hydrogens is 226 g/mol. The van der Waals surface area contributed by atoms with Gasteiger partial charge in [0.05, 0.1) is 0 Å². The second-order valence-corrected chi connectivity index (χ2v) is 4.75. The summed E-state index contributed by atoms with van der Waals surface area (Å²) in [6.45, 7) is 7.58. The number of anilines is 1. The van der Waals surface area contributed by atoms with E-state index in [1.165, 1.54) is 12.0 Å². The Hall–Kier alpha value is -1.55. The summed E-state index contributed by atoms with van der Waals surface area (Å²) in [6.07, 6.45) is 1.18. The molecule has 1 aromatic carbocycles. The number of carbonyl (C=O) groups is 1. The lowest BCUT2D eigenvalue weighted by Crippen LogP contribution is -2.24. The molecule has 0 saturated carbocycles. The highest BCUT2D eigenvalue weighted by Gasteiger charge is 2.06. The van der Waals surface area contributed by atoms with E-state index in [0.717, 1.165) is 12.2 Å². The van der Waals surface area contributed by atoms with Crippen molar-refractivity contribution in [1.29, 1.82) is 0 Å². The number of hydrogen-bond donors (Lipinski definition) is 3. The second kappa shape index (κ2) is 7.01. The van der Waals surface area contributed by atoms with Crippen LogP contribution in [0.3, 0.4) is 0 Å². The van der Waals surface area contributed by atoms with E-state index >= 15 is 0 Å². The van der Waals surface area contributed by atoms with E-state index in [0.29, 0.717) is 12.0 Å². The lowest BCUT2D eigenvalue weighted by molar-refractivity contribution is 0.259. The summed E-state index contributed by atoms with van der Waals surface area (Å²) in [6, 6.07) is 7.50. The number of nitrogens with two attached hydrogens (primary N) is 1. The molecule has 18 heavy (non-hydrogen) atoms. The fourth-order valence-electron chi connectivity index (χ4n) is 1.64. The van der Waals surface area contributed by atoms with Gasteiger partial charge in [0, 0.05) is 11.7 Å². The molecule has 100 valence electrons. The molecule has 2 amide bonds. The van der Waals surface area contributed by atoms with Crippen molar-refractivity contribution in [3.63, 3.8) is 0 Å². The van der Waals surface area contributed by atoms with Gasteiger partial charge in [0.1, 0.15) is 0 Å². The summed E-state index contributed by atoms with van der Waals surface area (Å²) in [7, 11) is 0. The largest absolute Gasteiger partial charge is 0.351 e. The van der Waals surface area contributed by atoms with Crippen molar-refractivity contribution in [2.75, 3.05) is 11.9 Å². The number of benzene rings is 1. The second-order valence-electron chi connectivity index (χ2n) is 4.75. The average molecular weight is 249 g/mol. The van der Waals surface area contributed by atoms with Crippen molar-refractivity contribution >= 4 is 11.7 Å². The number of rotatable bonds is 6. The Labute approximate surface area is 109 Å². The summed E-state index contributed by atoms with van der Waals surface area (Å²) in [5, 5.41) is 6.05. The number of nitrogens with one attached hydrogen (secondary N) is 2. The molecular formula is C14H23N3O. The Morgan fingerprint density at radius 1 is 1.28 bits per heavy atom. The van der Waals surface area contributed by atoms with E-state index in [1.54, 1.807) is 0 Å². The molecule has 0 aromatic heterocycles. The predicted molar refractivity (Wildman–Crippen MR) is 75.5 cm³/mol. The van der Waals surface area contributed by atoms with Gasteiger partial charge in [-0.1, -0.05) is 32.4 Å². The number of urea groups is 1. The molecule has 0 fully saturated rings. The predicted octanol–water partition coefficient (Wildman–Crippen LogP) is 2.87. The fraction of sp³-hybridized carbons (Fsp3) is 0.500. The quantitative estimate of drug-likeness (QED) is 0.725. The van der Waals surface area contributed by atoms with Crippen LogP contribution >= 0.6 is 0 Å². The molecule has 2 atom stereocenters. The molecule has 1 aromatic rings. The Morgan fingerprint density at radius 2 is 1.89 bits per heavy atom. The van der Waals surface area contributed by atoms with Crippen molar-refractivity contribution in [3.8, 4) is 0 Å². The zero-order valence-corrected chi connectivity index (χ0v) is 11.4. The van der Waals surface area contributed by atoms with E-state index in [4.69, 9.17) is 5.73 Å². The van der Waals surface area contributed by atoms with Crippen LogP contribution in [0.5, 0.6) is 0 Å². The highest BCUT2D eigenvalue weighted by atomic mass is 16.2. The van der Waals surface area contributed by atoms with Gasteiger partial charge in [0.25, 0.3) is 0 Å². The summed E-state index contributed by atoms with van der Waals surface area (Å²) < 4.78 is 0. The first-order chi connectivity index (χ1) is 8.52. The Balaban J connectivity index is 2.53. The minimum atomic E-state index is -0.536. The van der Waals surface area contributed by atoms with Crippen LogP contribution < -0.4 is 16.4 Å². The van der Waals surface area contributed by atoms with E-state index in [1.807, 2.05) is 24.3 Å². The van der Waals surface area contributed by atoms with Crippen LogP contribution in [0.25, 0.3) is 0 Å². The van der Waals surface area contributed by atoms with Crippen molar-refractivity contribution in [2.45, 2.75) is 33.2 Å². The summed E-state index contributed by atoms with van der Waals surface area (Å²) in [4.78, 5) is 10.7. The first-order valence-electron chi connectivity index (χ1n) is 6.42. The molecule has 1 rings (SSSR count). The first kappa shape index (κ1) is 14.5. The minimum absolute atomic E-state index is 0.307. The van der Waals surface area contributed by atoms with Gasteiger partial charge in [0.2, 0.25) is 0 Å². The third-order valence-electron chi connectivity index (χ3n) is 3.15. The summed E-state index contributed by atoms with van der Waals surface area (Å²) in [5.41, 5.74) is 6.98. The van der Waals surface area contributed by atoms with E-state index in [-0.39, 0.29) is 0 Å². The number of hydrogen-bond acceptors (Lipinski definition) is 2. The van der Waals surface area contributed by atoms with Crippen molar-refractivity contribution in [2.24, 2.45) is 11.7 Å². The molecule has 0 heterocycles. The zero-order chi connectivity index (χ0) is 13.5. The third kappa shape index (κ3) is 4.75. The van der Waals surface area contributed by atoms with Gasteiger partial charge in [0.15, 0.2) is 0 Å². The van der Waals surface area contributed by atoms with E-state index < -0.39 is 6.03 Å². The van der Waals surface area contributed by atoms with Crippen molar-refractivity contribution < 1.29 is 4.79 Å². The molecule has 0 aliphatic carbocycles. The maximum atomic E-state index is 10.7. The number of carbonyl (C=O) groups excluding carboxylic acids is 1. The zero-order valence-electron chi connectivity index (χ0n) is 11.4. The van der Waals surface area contributed by atoms with Crippen LogP contribution in [0.2, 0.25) is 0 Å². The Kier molecular flexibility index (Phi) is 5.65. The van der Waals surface area contributed by atoms with Gasteiger partial charge in [-0.25, -0.2) is 4.79 Å². The Morgan fingerprint density at radius 3 is 2.39 bits per heavy atom. The lowest BCUT2D eigenvalue weighted by atomic mass is 10.1.